The first kappa shape index (κ1) is 23.4. The van der Waals surface area contributed by atoms with Crippen LogP contribution < -0.4 is 4.80 Å². The summed E-state index contributed by atoms with van der Waals surface area (Å²) in [6, 6.07) is 15.3. The summed E-state index contributed by atoms with van der Waals surface area (Å²) in [5.74, 6) is 0. The molecule has 2 saturated heterocycles. The Labute approximate surface area is 204 Å². The molecule has 3 aromatic rings. The second-order valence-corrected chi connectivity index (χ2v) is 11.4. The molecule has 34 heavy (non-hydrogen) atoms. The molecule has 7 nitrogen and oxygen atoms in total. The van der Waals surface area contributed by atoms with E-state index in [1.807, 2.05) is 24.3 Å². The summed E-state index contributed by atoms with van der Waals surface area (Å²) in [6.45, 7) is 5.22. The number of morpholine rings is 1. The molecule has 9 heteroatoms. The van der Waals surface area contributed by atoms with Gasteiger partial charge in [0.1, 0.15) is 0 Å². The number of ether oxygens (including phenoxy) is 2. The number of sulfonamides is 1. The Hall–Kier alpha value is -2.30. The monoisotopic (exact) mass is 499 g/mol. The van der Waals surface area contributed by atoms with E-state index in [0.717, 1.165) is 47.7 Å². The third-order valence-electron chi connectivity index (χ3n) is 6.22. The molecule has 0 radical (unpaired) electrons. The maximum atomic E-state index is 13.0. The van der Waals surface area contributed by atoms with Crippen LogP contribution in [-0.4, -0.2) is 56.3 Å². The molecule has 2 fully saturated rings. The standard InChI is InChI=1S/C25H29N3O4S2/c1-19-4-8-21(9-5-19)26-25-28(17-22-3-2-14-32-22)24(18-33-25)20-6-10-23(11-7-20)34(29,30)27-12-15-31-16-13-27/h4-11,18,22H,2-3,12-17H2,1H3. The quantitative estimate of drug-likeness (QED) is 0.515. The Morgan fingerprint density at radius 2 is 1.76 bits per heavy atom. The van der Waals surface area contributed by atoms with E-state index in [4.69, 9.17) is 14.5 Å². The third kappa shape index (κ3) is 5.04. The van der Waals surface area contributed by atoms with Gasteiger partial charge in [-0.1, -0.05) is 29.8 Å². The van der Waals surface area contributed by atoms with Crippen molar-refractivity contribution in [3.05, 3.63) is 64.3 Å². The fourth-order valence-corrected chi connectivity index (χ4v) is 6.63. The molecule has 2 aromatic carbocycles. The normalized spacial score (nSPS) is 20.1. The van der Waals surface area contributed by atoms with Gasteiger partial charge in [0.15, 0.2) is 4.80 Å². The summed E-state index contributed by atoms with van der Waals surface area (Å²) >= 11 is 1.59. The van der Waals surface area contributed by atoms with Gasteiger partial charge in [0.05, 0.1) is 42.1 Å². The van der Waals surface area contributed by atoms with Gasteiger partial charge < -0.3 is 14.0 Å². The van der Waals surface area contributed by atoms with Crippen molar-refractivity contribution in [1.82, 2.24) is 8.87 Å². The van der Waals surface area contributed by atoms with Crippen LogP contribution in [0.1, 0.15) is 18.4 Å². The first-order valence-electron chi connectivity index (χ1n) is 11.6. The van der Waals surface area contributed by atoms with E-state index < -0.39 is 10.0 Å². The van der Waals surface area contributed by atoms with E-state index in [0.29, 0.717) is 31.2 Å². The molecule has 180 valence electrons. The van der Waals surface area contributed by atoms with Crippen LogP contribution in [0.5, 0.6) is 0 Å². The maximum Gasteiger partial charge on any atom is 0.243 e. The maximum absolute atomic E-state index is 13.0. The van der Waals surface area contributed by atoms with Crippen molar-refractivity contribution in [2.75, 3.05) is 32.9 Å². The smallest absolute Gasteiger partial charge is 0.243 e. The average molecular weight is 500 g/mol. The van der Waals surface area contributed by atoms with Gasteiger partial charge in [-0.3, -0.25) is 0 Å². The van der Waals surface area contributed by atoms with Crippen LogP contribution in [-0.2, 0) is 26.0 Å². The number of hydrogen-bond donors (Lipinski definition) is 0. The molecule has 0 spiro atoms. The number of hydrogen-bond acceptors (Lipinski definition) is 6. The highest BCUT2D eigenvalue weighted by Gasteiger charge is 2.26. The number of aryl methyl sites for hydroxylation is 1. The number of rotatable bonds is 6. The minimum atomic E-state index is -3.52. The second-order valence-electron chi connectivity index (χ2n) is 8.64. The lowest BCUT2D eigenvalue weighted by molar-refractivity contribution is 0.0730. The van der Waals surface area contributed by atoms with Crippen LogP contribution in [0.15, 0.2) is 63.8 Å². The van der Waals surface area contributed by atoms with E-state index >= 15 is 0 Å². The van der Waals surface area contributed by atoms with Crippen molar-refractivity contribution < 1.29 is 17.9 Å². The topological polar surface area (TPSA) is 73.1 Å². The van der Waals surface area contributed by atoms with Gasteiger partial charge in [0, 0.05) is 25.1 Å². The van der Waals surface area contributed by atoms with Crippen molar-refractivity contribution in [3.63, 3.8) is 0 Å². The fraction of sp³-hybridized carbons (Fsp3) is 0.400. The average Bonchev–Trinajstić information content (AvgIpc) is 3.52. The molecule has 2 aliphatic rings. The molecule has 0 saturated carbocycles. The summed E-state index contributed by atoms with van der Waals surface area (Å²) in [5.41, 5.74) is 4.08. The van der Waals surface area contributed by atoms with Crippen molar-refractivity contribution in [1.29, 1.82) is 0 Å². The van der Waals surface area contributed by atoms with Crippen LogP contribution in [0.2, 0.25) is 0 Å². The lowest BCUT2D eigenvalue weighted by Gasteiger charge is -2.26. The van der Waals surface area contributed by atoms with E-state index in [2.05, 4.69) is 29.0 Å². The lowest BCUT2D eigenvalue weighted by Crippen LogP contribution is -2.40. The van der Waals surface area contributed by atoms with Crippen LogP contribution in [0.4, 0.5) is 5.69 Å². The Kier molecular flexibility index (Phi) is 6.99. The van der Waals surface area contributed by atoms with E-state index in [-0.39, 0.29) is 6.10 Å². The predicted molar refractivity (Wildman–Crippen MR) is 133 cm³/mol. The van der Waals surface area contributed by atoms with Gasteiger partial charge in [0.2, 0.25) is 10.0 Å². The molecule has 0 bridgehead atoms. The minimum absolute atomic E-state index is 0.159. The van der Waals surface area contributed by atoms with Gasteiger partial charge in [-0.15, -0.1) is 11.3 Å². The lowest BCUT2D eigenvalue weighted by atomic mass is 10.1. The molecule has 0 N–H and O–H groups in total. The van der Waals surface area contributed by atoms with Gasteiger partial charge in [-0.05, 0) is 49.6 Å². The highest BCUT2D eigenvalue weighted by Crippen LogP contribution is 2.26. The highest BCUT2D eigenvalue weighted by atomic mass is 32.2. The Bertz CT molecular complexity index is 1280. The summed E-state index contributed by atoms with van der Waals surface area (Å²) in [6.07, 6.45) is 2.26. The van der Waals surface area contributed by atoms with E-state index in [1.165, 1.54) is 9.87 Å². The van der Waals surface area contributed by atoms with Gasteiger partial charge in [-0.25, -0.2) is 13.4 Å². The Morgan fingerprint density at radius 3 is 2.44 bits per heavy atom. The molecule has 1 atom stereocenters. The minimum Gasteiger partial charge on any atom is -0.379 e. The molecule has 0 amide bonds. The van der Waals surface area contributed by atoms with Crippen LogP contribution in [0, 0.1) is 6.92 Å². The summed E-state index contributed by atoms with van der Waals surface area (Å²) in [4.78, 5) is 6.11. The molecule has 0 aliphatic carbocycles. The van der Waals surface area contributed by atoms with Crippen molar-refractivity contribution in [2.45, 2.75) is 37.3 Å². The largest absolute Gasteiger partial charge is 0.379 e. The van der Waals surface area contributed by atoms with Crippen LogP contribution in [0.25, 0.3) is 11.3 Å². The van der Waals surface area contributed by atoms with Crippen molar-refractivity contribution in [3.8, 4) is 11.3 Å². The molecule has 3 heterocycles. The van der Waals surface area contributed by atoms with E-state index in [1.54, 1.807) is 23.5 Å². The SMILES string of the molecule is Cc1ccc(N=c2scc(-c3ccc(S(=O)(=O)N4CCOCC4)cc3)n2CC2CCCO2)cc1. The first-order chi connectivity index (χ1) is 16.5. The van der Waals surface area contributed by atoms with Crippen molar-refractivity contribution >= 4 is 27.0 Å². The second kappa shape index (κ2) is 10.1. The Morgan fingerprint density at radius 1 is 1.03 bits per heavy atom. The van der Waals surface area contributed by atoms with E-state index in [9.17, 15) is 8.42 Å². The first-order valence-corrected chi connectivity index (χ1v) is 13.9. The number of thiazole rings is 1. The zero-order valence-corrected chi connectivity index (χ0v) is 20.9. The van der Waals surface area contributed by atoms with Gasteiger partial charge in [-0.2, -0.15) is 4.31 Å². The molecule has 1 aromatic heterocycles. The molecule has 2 aliphatic heterocycles. The zero-order valence-electron chi connectivity index (χ0n) is 19.2. The number of aromatic nitrogens is 1. The summed E-state index contributed by atoms with van der Waals surface area (Å²) in [7, 11) is -3.52. The molecule has 1 unspecified atom stereocenters. The third-order valence-corrected chi connectivity index (χ3v) is 9.00. The van der Waals surface area contributed by atoms with Gasteiger partial charge >= 0.3 is 0 Å². The molecular formula is C25H29N3O4S2. The Balaban J connectivity index is 1.49. The summed E-state index contributed by atoms with van der Waals surface area (Å²) < 4.78 is 40.9. The fourth-order valence-electron chi connectivity index (χ4n) is 4.28. The number of benzene rings is 2. The molecular weight excluding hydrogens is 470 g/mol. The number of nitrogens with zero attached hydrogens (tertiary/aromatic N) is 3. The van der Waals surface area contributed by atoms with Gasteiger partial charge in [0.25, 0.3) is 0 Å². The molecule has 5 rings (SSSR count). The van der Waals surface area contributed by atoms with Crippen LogP contribution in [0.3, 0.4) is 0 Å². The zero-order chi connectivity index (χ0) is 23.5. The summed E-state index contributed by atoms with van der Waals surface area (Å²) in [5, 5.41) is 2.09. The predicted octanol–water partition coefficient (Wildman–Crippen LogP) is 3.96. The van der Waals surface area contributed by atoms with Crippen molar-refractivity contribution in [2.24, 2.45) is 4.99 Å². The van der Waals surface area contributed by atoms with Crippen LogP contribution >= 0.6 is 11.3 Å². The highest BCUT2D eigenvalue weighted by molar-refractivity contribution is 7.89.